The van der Waals surface area contributed by atoms with E-state index in [2.05, 4.69) is 26.2 Å². The van der Waals surface area contributed by atoms with Crippen molar-refractivity contribution >= 4 is 11.6 Å². The van der Waals surface area contributed by atoms with Crippen LogP contribution in [0.2, 0.25) is 0 Å². The minimum Gasteiger partial charge on any atom is -0.494 e. The molecule has 9 nitrogen and oxygen atoms in total. The number of aryl methyl sites for hydroxylation is 1. The molecule has 1 saturated carbocycles. The Labute approximate surface area is 268 Å². The van der Waals surface area contributed by atoms with Gasteiger partial charge in [0.2, 0.25) is 0 Å². The molecular weight excluding hydrogens is 571 g/mol. The third kappa shape index (κ3) is 8.16. The maximum atomic E-state index is 15.0. The number of nitrogens with two attached hydrogens (primary N) is 1. The summed E-state index contributed by atoms with van der Waals surface area (Å²) in [6.07, 6.45) is 12.4. The lowest BCUT2D eigenvalue weighted by atomic mass is 9.81. The molecule has 1 amide bonds. The van der Waals surface area contributed by atoms with Gasteiger partial charge in [-0.3, -0.25) is 20.3 Å². The first kappa shape index (κ1) is 33.6. The van der Waals surface area contributed by atoms with Crippen molar-refractivity contribution in [3.63, 3.8) is 0 Å². The Morgan fingerprint density at radius 1 is 1.02 bits per heavy atom. The summed E-state index contributed by atoms with van der Waals surface area (Å²) in [5.74, 6) is -0.154. The first-order valence-electron chi connectivity index (χ1n) is 17.0. The molecule has 0 bridgehead atoms. The van der Waals surface area contributed by atoms with Crippen molar-refractivity contribution < 1.29 is 18.7 Å². The van der Waals surface area contributed by atoms with Gasteiger partial charge in [-0.2, -0.15) is 0 Å². The first-order chi connectivity index (χ1) is 22.0. The van der Waals surface area contributed by atoms with Crippen LogP contribution in [-0.4, -0.2) is 75.2 Å². The van der Waals surface area contributed by atoms with Crippen LogP contribution in [0, 0.1) is 12.7 Å². The van der Waals surface area contributed by atoms with Gasteiger partial charge < -0.3 is 25.8 Å². The maximum Gasteiger partial charge on any atom is 0.251 e. The fourth-order valence-electron chi connectivity index (χ4n) is 7.56. The number of amides is 1. The van der Waals surface area contributed by atoms with Gasteiger partial charge in [0.1, 0.15) is 6.17 Å². The van der Waals surface area contributed by atoms with Crippen molar-refractivity contribution in [1.29, 1.82) is 0 Å². The van der Waals surface area contributed by atoms with Crippen molar-refractivity contribution in [2.24, 2.45) is 5.73 Å². The van der Waals surface area contributed by atoms with E-state index in [9.17, 15) is 4.79 Å². The van der Waals surface area contributed by atoms with Gasteiger partial charge in [-0.15, -0.1) is 0 Å². The molecule has 2 saturated heterocycles. The van der Waals surface area contributed by atoms with E-state index < -0.39 is 0 Å². The number of hydrogen-bond acceptors (Lipinski definition) is 8. The number of methoxy groups -OCH3 is 1. The van der Waals surface area contributed by atoms with Crippen LogP contribution in [-0.2, 0) is 4.74 Å². The number of piperazine rings is 1. The van der Waals surface area contributed by atoms with E-state index in [1.807, 2.05) is 31.2 Å². The highest BCUT2D eigenvalue weighted by molar-refractivity contribution is 5.96. The lowest BCUT2D eigenvalue weighted by Crippen LogP contribution is -2.71. The molecule has 0 aromatic heterocycles. The largest absolute Gasteiger partial charge is 0.494 e. The molecule has 2 heterocycles. The van der Waals surface area contributed by atoms with Crippen LogP contribution < -0.4 is 31.7 Å². The molecule has 45 heavy (non-hydrogen) atoms. The van der Waals surface area contributed by atoms with E-state index in [1.54, 1.807) is 12.1 Å². The van der Waals surface area contributed by atoms with Gasteiger partial charge in [0.05, 0.1) is 26.5 Å². The van der Waals surface area contributed by atoms with Gasteiger partial charge in [0.15, 0.2) is 11.6 Å². The van der Waals surface area contributed by atoms with Gasteiger partial charge in [-0.05, 0) is 61.2 Å². The minimum absolute atomic E-state index is 0.0100. The summed E-state index contributed by atoms with van der Waals surface area (Å²) in [6.45, 7) is 5.39. The Kier molecular flexibility index (Phi) is 12.1. The predicted octanol–water partition coefficient (Wildman–Crippen LogP) is 4.82. The molecule has 3 atom stereocenters. The number of hydrogen-bond donors (Lipinski definition) is 5. The highest BCUT2D eigenvalue weighted by atomic mass is 19.1. The topological polar surface area (TPSA) is 113 Å². The number of carbonyl (C=O) groups is 1. The third-order valence-electron chi connectivity index (χ3n) is 9.85. The summed E-state index contributed by atoms with van der Waals surface area (Å²) in [7, 11) is 1.51. The Bertz CT molecular complexity index is 1250. The molecule has 2 aromatic carbocycles. The monoisotopic (exact) mass is 624 g/mol. The van der Waals surface area contributed by atoms with Gasteiger partial charge >= 0.3 is 0 Å². The van der Waals surface area contributed by atoms with Crippen LogP contribution >= 0.6 is 0 Å². The second kappa shape index (κ2) is 16.2. The number of benzene rings is 2. The Morgan fingerprint density at radius 3 is 2.42 bits per heavy atom. The van der Waals surface area contributed by atoms with Crippen LogP contribution in [0.4, 0.5) is 10.1 Å². The summed E-state index contributed by atoms with van der Waals surface area (Å²) in [6, 6.07) is 11.4. The number of anilines is 1. The van der Waals surface area contributed by atoms with Gasteiger partial charge in [-0.25, -0.2) is 4.39 Å². The van der Waals surface area contributed by atoms with Crippen molar-refractivity contribution in [3.8, 4) is 5.75 Å². The van der Waals surface area contributed by atoms with E-state index in [4.69, 9.17) is 15.2 Å². The number of carbonyl (C=O) groups excluding carboxylic acids is 1. The van der Waals surface area contributed by atoms with E-state index in [0.29, 0.717) is 31.9 Å². The minimum atomic E-state index is -0.317. The summed E-state index contributed by atoms with van der Waals surface area (Å²) in [4.78, 5) is 15.5. The van der Waals surface area contributed by atoms with Crippen molar-refractivity contribution in [2.75, 3.05) is 51.8 Å². The molecular formula is C35H53FN6O3. The standard InChI is InChI=1S/C35H53FN6O3/c1-25-21-27(12-13-28(25)34(43)38-18-20-45-19-17-37)41-32-33-39-23-30(26-11-14-31(44-2)29(36)22-26)42(33)35(24-40-32)15-9-7-5-3-4-6-8-10-16-35/h11-14,21-22,30,32-33,39-41H,3-10,15-20,23-24,37H2,1-2H3,(H,38,43). The van der Waals surface area contributed by atoms with Crippen LogP contribution in [0.1, 0.15) is 91.7 Å². The highest BCUT2D eigenvalue weighted by Crippen LogP contribution is 2.43. The quantitative estimate of drug-likeness (QED) is 0.240. The van der Waals surface area contributed by atoms with Crippen LogP contribution in [0.3, 0.4) is 0 Å². The second-order valence-electron chi connectivity index (χ2n) is 12.9. The van der Waals surface area contributed by atoms with Crippen LogP contribution in [0.5, 0.6) is 5.75 Å². The number of nitrogens with zero attached hydrogens (tertiary/aromatic N) is 1. The molecule has 3 aliphatic rings. The van der Waals surface area contributed by atoms with Gasteiger partial charge in [-0.1, -0.05) is 57.4 Å². The fourth-order valence-corrected chi connectivity index (χ4v) is 7.56. The molecule has 1 aliphatic carbocycles. The fraction of sp³-hybridized carbons (Fsp3) is 0.629. The normalized spacial score (nSPS) is 24.0. The Balaban J connectivity index is 1.36. The van der Waals surface area contributed by atoms with Gasteiger partial charge in [0, 0.05) is 49.0 Å². The van der Waals surface area contributed by atoms with E-state index in [1.165, 1.54) is 58.5 Å². The average molecular weight is 625 g/mol. The highest BCUT2D eigenvalue weighted by Gasteiger charge is 2.52. The van der Waals surface area contributed by atoms with E-state index in [0.717, 1.165) is 42.7 Å². The summed E-state index contributed by atoms with van der Waals surface area (Å²) in [5, 5.41) is 14.4. The molecule has 0 radical (unpaired) electrons. The molecule has 2 aromatic rings. The summed E-state index contributed by atoms with van der Waals surface area (Å²) >= 11 is 0. The number of fused-ring (bicyclic) bond motifs is 2. The molecule has 2 aliphatic heterocycles. The molecule has 5 rings (SSSR count). The SMILES string of the molecule is COc1ccc(C2CNC3C(Nc4ccc(C(=O)NCCOCCN)c(C)c4)NCC4(CCCCCCCCCC4)N23)cc1F. The smallest absolute Gasteiger partial charge is 0.251 e. The zero-order valence-corrected chi connectivity index (χ0v) is 27.1. The number of ether oxygens (including phenoxy) is 2. The lowest BCUT2D eigenvalue weighted by molar-refractivity contribution is -0.0263. The van der Waals surface area contributed by atoms with Crippen LogP contribution in [0.25, 0.3) is 0 Å². The Morgan fingerprint density at radius 2 is 1.76 bits per heavy atom. The maximum absolute atomic E-state index is 15.0. The number of nitrogens with one attached hydrogen (secondary N) is 4. The second-order valence-corrected chi connectivity index (χ2v) is 12.9. The molecule has 248 valence electrons. The molecule has 6 N–H and O–H groups in total. The lowest BCUT2D eigenvalue weighted by Gasteiger charge is -2.54. The van der Waals surface area contributed by atoms with Crippen molar-refractivity contribution in [2.45, 2.75) is 95.0 Å². The van der Waals surface area contributed by atoms with Crippen molar-refractivity contribution in [1.82, 2.24) is 20.9 Å². The van der Waals surface area contributed by atoms with Crippen molar-refractivity contribution in [3.05, 3.63) is 58.9 Å². The predicted molar refractivity (Wildman–Crippen MR) is 177 cm³/mol. The average Bonchev–Trinajstić information content (AvgIpc) is 3.48. The van der Waals surface area contributed by atoms with E-state index >= 15 is 4.39 Å². The molecule has 3 unspecified atom stereocenters. The van der Waals surface area contributed by atoms with Gasteiger partial charge in [0.25, 0.3) is 5.91 Å². The third-order valence-corrected chi connectivity index (χ3v) is 9.85. The number of halogens is 1. The summed E-state index contributed by atoms with van der Waals surface area (Å²) in [5.41, 5.74) is 8.92. The molecule has 3 fully saturated rings. The van der Waals surface area contributed by atoms with Crippen LogP contribution in [0.15, 0.2) is 36.4 Å². The molecule has 10 heteroatoms. The molecule has 1 spiro atoms. The zero-order valence-electron chi connectivity index (χ0n) is 27.1. The first-order valence-corrected chi connectivity index (χ1v) is 17.0. The Hall–Kier alpha value is -2.76. The summed E-state index contributed by atoms with van der Waals surface area (Å²) < 4.78 is 25.6. The zero-order chi connectivity index (χ0) is 31.6. The van der Waals surface area contributed by atoms with E-state index in [-0.39, 0.29) is 41.4 Å². The number of rotatable bonds is 10.